The van der Waals surface area contributed by atoms with Gasteiger partial charge >= 0.3 is 0 Å². The molecule has 1 fully saturated rings. The van der Waals surface area contributed by atoms with Crippen molar-refractivity contribution < 1.29 is 9.53 Å². The summed E-state index contributed by atoms with van der Waals surface area (Å²) in [5.41, 5.74) is 0. The van der Waals surface area contributed by atoms with Crippen LogP contribution in [-0.2, 0) is 9.53 Å². The highest BCUT2D eigenvalue weighted by atomic mass is 127. The van der Waals surface area contributed by atoms with E-state index in [0.29, 0.717) is 5.96 Å². The van der Waals surface area contributed by atoms with Crippen molar-refractivity contribution in [1.82, 2.24) is 20.4 Å². The summed E-state index contributed by atoms with van der Waals surface area (Å²) in [5, 5.41) is 6.65. The first-order valence-corrected chi connectivity index (χ1v) is 10.0. The van der Waals surface area contributed by atoms with E-state index in [-0.39, 0.29) is 36.4 Å². The first-order chi connectivity index (χ1) is 12.5. The molecule has 0 aromatic carbocycles. The number of hydrogen-bond donors (Lipinski definition) is 2. The second-order valence-corrected chi connectivity index (χ2v) is 7.23. The molecule has 0 bridgehead atoms. The van der Waals surface area contributed by atoms with Gasteiger partial charge in [-0.25, -0.2) is 4.99 Å². The SMILES string of the molecule is CCOCCCNC(=NCC(=O)N(C)C)NCCCN1CCC(C)CC1.I. The number of ether oxygens (including phenoxy) is 1. The van der Waals surface area contributed by atoms with Crippen LogP contribution in [0.15, 0.2) is 4.99 Å². The normalized spacial score (nSPS) is 15.9. The maximum atomic E-state index is 11.8. The molecule has 27 heavy (non-hydrogen) atoms. The minimum absolute atomic E-state index is 0. The van der Waals surface area contributed by atoms with Crippen LogP contribution in [0.3, 0.4) is 0 Å². The zero-order chi connectivity index (χ0) is 19.2. The third-order valence-electron chi connectivity index (χ3n) is 4.65. The Labute approximate surface area is 182 Å². The summed E-state index contributed by atoms with van der Waals surface area (Å²) in [6.45, 7) is 11.2. The lowest BCUT2D eigenvalue weighted by molar-refractivity contribution is -0.127. The molecule has 8 heteroatoms. The predicted molar refractivity (Wildman–Crippen MR) is 123 cm³/mol. The van der Waals surface area contributed by atoms with Gasteiger partial charge in [0.15, 0.2) is 5.96 Å². The average Bonchev–Trinajstić information content (AvgIpc) is 2.63. The van der Waals surface area contributed by atoms with E-state index in [0.717, 1.165) is 51.6 Å². The number of rotatable bonds is 11. The molecule has 7 nitrogen and oxygen atoms in total. The van der Waals surface area contributed by atoms with Crippen molar-refractivity contribution in [3.05, 3.63) is 0 Å². The maximum Gasteiger partial charge on any atom is 0.243 e. The van der Waals surface area contributed by atoms with Crippen LogP contribution in [0.1, 0.15) is 39.5 Å². The van der Waals surface area contributed by atoms with E-state index in [9.17, 15) is 4.79 Å². The summed E-state index contributed by atoms with van der Waals surface area (Å²) >= 11 is 0. The molecular weight excluding hydrogens is 457 g/mol. The van der Waals surface area contributed by atoms with Gasteiger partial charge in [0.05, 0.1) is 0 Å². The Kier molecular flexibility index (Phi) is 16.0. The van der Waals surface area contributed by atoms with Gasteiger partial charge < -0.3 is 25.2 Å². The second kappa shape index (κ2) is 16.4. The molecule has 0 saturated carbocycles. The molecule has 0 spiro atoms. The van der Waals surface area contributed by atoms with Gasteiger partial charge in [0.1, 0.15) is 6.54 Å². The molecule has 0 aliphatic carbocycles. The lowest BCUT2D eigenvalue weighted by Crippen LogP contribution is -2.41. The first-order valence-electron chi connectivity index (χ1n) is 10.0. The molecule has 1 aliphatic heterocycles. The monoisotopic (exact) mass is 497 g/mol. The van der Waals surface area contributed by atoms with Gasteiger partial charge in [-0.2, -0.15) is 0 Å². The number of nitrogens with one attached hydrogen (secondary N) is 2. The van der Waals surface area contributed by atoms with Crippen LogP contribution in [0.2, 0.25) is 0 Å². The van der Waals surface area contributed by atoms with Crippen LogP contribution in [-0.4, -0.2) is 88.2 Å². The Morgan fingerprint density at radius 2 is 1.81 bits per heavy atom. The quantitative estimate of drug-likeness (QED) is 0.197. The van der Waals surface area contributed by atoms with Crippen LogP contribution in [0, 0.1) is 5.92 Å². The number of likely N-dealkylation sites (N-methyl/N-ethyl adjacent to an activating group) is 1. The summed E-state index contributed by atoms with van der Waals surface area (Å²) < 4.78 is 5.35. The van der Waals surface area contributed by atoms with Crippen LogP contribution in [0.25, 0.3) is 0 Å². The number of halogens is 1. The van der Waals surface area contributed by atoms with Crippen LogP contribution in [0.4, 0.5) is 0 Å². The van der Waals surface area contributed by atoms with E-state index in [1.807, 2.05) is 6.92 Å². The Bertz CT molecular complexity index is 413. The fourth-order valence-electron chi connectivity index (χ4n) is 2.78. The van der Waals surface area contributed by atoms with Crippen molar-refractivity contribution in [3.8, 4) is 0 Å². The van der Waals surface area contributed by atoms with E-state index in [1.165, 1.54) is 25.9 Å². The van der Waals surface area contributed by atoms with Crippen molar-refractivity contribution in [2.75, 3.05) is 66.6 Å². The number of guanidine groups is 1. The molecule has 2 N–H and O–H groups in total. The molecule has 1 heterocycles. The zero-order valence-electron chi connectivity index (χ0n) is 17.6. The number of carbonyl (C=O) groups excluding carboxylic acids is 1. The summed E-state index contributed by atoms with van der Waals surface area (Å²) in [6, 6.07) is 0. The number of nitrogens with zero attached hydrogens (tertiary/aromatic N) is 3. The number of piperidine rings is 1. The third-order valence-corrected chi connectivity index (χ3v) is 4.65. The fourth-order valence-corrected chi connectivity index (χ4v) is 2.78. The predicted octanol–water partition coefficient (Wildman–Crippen LogP) is 1.78. The summed E-state index contributed by atoms with van der Waals surface area (Å²) in [7, 11) is 3.50. The van der Waals surface area contributed by atoms with Gasteiger partial charge in [-0.05, 0) is 58.2 Å². The van der Waals surface area contributed by atoms with Gasteiger partial charge in [-0.3, -0.25) is 4.79 Å². The van der Waals surface area contributed by atoms with Crippen molar-refractivity contribution in [3.63, 3.8) is 0 Å². The van der Waals surface area contributed by atoms with E-state index in [4.69, 9.17) is 4.74 Å². The topological polar surface area (TPSA) is 69.2 Å². The second-order valence-electron chi connectivity index (χ2n) is 7.23. The molecule has 0 aromatic rings. The smallest absolute Gasteiger partial charge is 0.243 e. The number of carbonyl (C=O) groups is 1. The van der Waals surface area contributed by atoms with Crippen LogP contribution >= 0.6 is 24.0 Å². The molecule has 0 radical (unpaired) electrons. The minimum Gasteiger partial charge on any atom is -0.382 e. The van der Waals surface area contributed by atoms with Crippen LogP contribution < -0.4 is 10.6 Å². The molecule has 1 rings (SSSR count). The van der Waals surface area contributed by atoms with E-state index < -0.39 is 0 Å². The van der Waals surface area contributed by atoms with Gasteiger partial charge in [0, 0.05) is 40.4 Å². The van der Waals surface area contributed by atoms with E-state index in [2.05, 4.69) is 27.4 Å². The molecule has 0 unspecified atom stereocenters. The molecule has 160 valence electrons. The van der Waals surface area contributed by atoms with Gasteiger partial charge in [0.25, 0.3) is 0 Å². The number of likely N-dealkylation sites (tertiary alicyclic amines) is 1. The summed E-state index contributed by atoms with van der Waals surface area (Å²) in [4.78, 5) is 20.3. The number of hydrogen-bond acceptors (Lipinski definition) is 4. The first kappa shape index (κ1) is 26.4. The van der Waals surface area contributed by atoms with E-state index in [1.54, 1.807) is 19.0 Å². The highest BCUT2D eigenvalue weighted by Crippen LogP contribution is 2.15. The maximum absolute atomic E-state index is 11.8. The highest BCUT2D eigenvalue weighted by Gasteiger charge is 2.14. The van der Waals surface area contributed by atoms with Crippen LogP contribution in [0.5, 0.6) is 0 Å². The van der Waals surface area contributed by atoms with Crippen molar-refractivity contribution >= 4 is 35.8 Å². The number of aliphatic imine (C=N–C) groups is 1. The fraction of sp³-hybridized carbons (Fsp3) is 0.895. The summed E-state index contributed by atoms with van der Waals surface area (Å²) in [5.74, 6) is 1.59. The van der Waals surface area contributed by atoms with Gasteiger partial charge in [-0.15, -0.1) is 24.0 Å². The number of amides is 1. The lowest BCUT2D eigenvalue weighted by Gasteiger charge is -2.30. The minimum atomic E-state index is 0. The van der Waals surface area contributed by atoms with Gasteiger partial charge in [0.2, 0.25) is 5.91 Å². The van der Waals surface area contributed by atoms with Gasteiger partial charge in [-0.1, -0.05) is 6.92 Å². The molecule has 0 atom stereocenters. The Balaban J connectivity index is 0.00000676. The molecular formula is C19H40IN5O2. The molecule has 1 saturated heterocycles. The summed E-state index contributed by atoms with van der Waals surface area (Å²) in [6.07, 6.45) is 4.63. The van der Waals surface area contributed by atoms with Crippen molar-refractivity contribution in [1.29, 1.82) is 0 Å². The Hall–Kier alpha value is -0.610. The zero-order valence-corrected chi connectivity index (χ0v) is 20.0. The lowest BCUT2D eigenvalue weighted by atomic mass is 9.99. The van der Waals surface area contributed by atoms with Crippen molar-refractivity contribution in [2.24, 2.45) is 10.9 Å². The van der Waals surface area contributed by atoms with E-state index >= 15 is 0 Å². The average molecular weight is 497 g/mol. The third kappa shape index (κ3) is 13.2. The molecule has 0 aromatic heterocycles. The highest BCUT2D eigenvalue weighted by molar-refractivity contribution is 14.0. The molecule has 1 aliphatic rings. The largest absolute Gasteiger partial charge is 0.382 e. The Morgan fingerprint density at radius 3 is 2.41 bits per heavy atom. The standard InChI is InChI=1S/C19H39N5O2.HI/c1-5-26-15-7-11-21-19(22-16-18(25)23(3)4)20-10-6-12-24-13-8-17(2)9-14-24;/h17H,5-16H2,1-4H3,(H2,20,21,22);1H. The molecule has 1 amide bonds. The Morgan fingerprint density at radius 1 is 1.19 bits per heavy atom. The van der Waals surface area contributed by atoms with Crippen molar-refractivity contribution in [2.45, 2.75) is 39.5 Å².